The zero-order chi connectivity index (χ0) is 13.0. The lowest BCUT2D eigenvalue weighted by Gasteiger charge is -2.44. The van der Waals surface area contributed by atoms with Gasteiger partial charge in [-0.2, -0.15) is 5.26 Å². The van der Waals surface area contributed by atoms with Crippen molar-refractivity contribution < 1.29 is 0 Å². The maximum atomic E-state index is 9.16. The van der Waals surface area contributed by atoms with E-state index < -0.39 is 0 Å². The van der Waals surface area contributed by atoms with Gasteiger partial charge in [0.05, 0.1) is 6.07 Å². The Hall–Kier alpha value is -0.630. The van der Waals surface area contributed by atoms with E-state index in [-0.39, 0.29) is 5.54 Å². The fourth-order valence-electron chi connectivity index (χ4n) is 3.04. The second-order valence-corrected chi connectivity index (χ2v) is 5.93. The minimum Gasteiger partial charge on any atom is -0.303 e. The molecule has 2 saturated heterocycles. The summed E-state index contributed by atoms with van der Waals surface area (Å²) in [6.07, 6.45) is 5.04. The first-order chi connectivity index (χ1) is 8.67. The summed E-state index contributed by atoms with van der Waals surface area (Å²) in [4.78, 5) is 5.20. The molecule has 0 spiro atoms. The van der Waals surface area contributed by atoms with Gasteiger partial charge in [-0.05, 0) is 39.8 Å². The molecule has 0 aromatic carbocycles. The van der Waals surface area contributed by atoms with Crippen molar-refractivity contribution in [3.8, 4) is 6.07 Å². The van der Waals surface area contributed by atoms with E-state index in [4.69, 9.17) is 5.26 Å². The van der Waals surface area contributed by atoms with Crippen molar-refractivity contribution in [2.75, 3.05) is 39.8 Å². The third kappa shape index (κ3) is 3.23. The Balaban J connectivity index is 1.79. The van der Waals surface area contributed by atoms with Crippen LogP contribution >= 0.6 is 0 Å². The molecule has 2 fully saturated rings. The zero-order valence-corrected chi connectivity index (χ0v) is 11.8. The van der Waals surface area contributed by atoms with Gasteiger partial charge in [-0.1, -0.05) is 6.42 Å². The molecule has 2 atom stereocenters. The summed E-state index contributed by atoms with van der Waals surface area (Å²) in [6, 6.07) is 3.15. The van der Waals surface area contributed by atoms with E-state index in [0.29, 0.717) is 0 Å². The van der Waals surface area contributed by atoms with E-state index in [1.54, 1.807) is 0 Å². The van der Waals surface area contributed by atoms with Crippen molar-refractivity contribution in [3.05, 3.63) is 0 Å². The van der Waals surface area contributed by atoms with Crippen LogP contribution in [0.3, 0.4) is 0 Å². The molecule has 0 aromatic heterocycles. The average Bonchev–Trinajstić information content (AvgIpc) is 2.44. The van der Waals surface area contributed by atoms with Gasteiger partial charge in [-0.25, -0.2) is 0 Å². The number of nitrogens with one attached hydrogen (secondary N) is 1. The molecule has 4 nitrogen and oxygen atoms in total. The number of fused-ring (bicyclic) bond motifs is 1. The maximum Gasteiger partial charge on any atom is 0.104 e. The Labute approximate surface area is 111 Å². The summed E-state index contributed by atoms with van der Waals surface area (Å²) in [5.41, 5.74) is -0.371. The number of piperazine rings is 1. The van der Waals surface area contributed by atoms with Gasteiger partial charge in [0, 0.05) is 32.2 Å². The predicted molar refractivity (Wildman–Crippen MR) is 73.3 cm³/mol. The number of nitriles is 1. The molecule has 0 radical (unpaired) electrons. The predicted octanol–water partition coefficient (Wildman–Crippen LogP) is 1.05. The van der Waals surface area contributed by atoms with Gasteiger partial charge in [0.2, 0.25) is 0 Å². The summed E-state index contributed by atoms with van der Waals surface area (Å²) in [5.74, 6) is 0. The Morgan fingerprint density at radius 3 is 2.89 bits per heavy atom. The molecule has 2 aliphatic heterocycles. The molecule has 2 heterocycles. The first-order valence-electron chi connectivity index (χ1n) is 7.23. The third-order valence-corrected chi connectivity index (χ3v) is 4.65. The van der Waals surface area contributed by atoms with Crippen LogP contribution in [0.15, 0.2) is 0 Å². The van der Waals surface area contributed by atoms with Crippen LogP contribution in [-0.4, -0.2) is 61.2 Å². The van der Waals surface area contributed by atoms with Gasteiger partial charge in [0.25, 0.3) is 0 Å². The minimum atomic E-state index is -0.371. The largest absolute Gasteiger partial charge is 0.303 e. The van der Waals surface area contributed by atoms with E-state index >= 15 is 0 Å². The Kier molecular flexibility index (Phi) is 4.60. The van der Waals surface area contributed by atoms with E-state index in [0.717, 1.165) is 19.0 Å². The van der Waals surface area contributed by atoms with E-state index in [9.17, 15) is 0 Å². The number of nitrogens with zero attached hydrogens (tertiary/aromatic N) is 3. The van der Waals surface area contributed by atoms with Crippen LogP contribution in [0.1, 0.15) is 32.6 Å². The number of rotatable bonds is 4. The molecule has 102 valence electrons. The summed E-state index contributed by atoms with van der Waals surface area (Å²) < 4.78 is 0. The van der Waals surface area contributed by atoms with Gasteiger partial charge in [0.1, 0.15) is 5.54 Å². The summed E-state index contributed by atoms with van der Waals surface area (Å²) in [7, 11) is 1.88. The van der Waals surface area contributed by atoms with Gasteiger partial charge in [0.15, 0.2) is 0 Å². The second-order valence-electron chi connectivity index (χ2n) is 5.93. The highest BCUT2D eigenvalue weighted by molar-refractivity contribution is 5.03. The SMILES string of the molecule is CNC(C)(C#N)CCN1CCN2CCCCC2C1. The van der Waals surface area contributed by atoms with Gasteiger partial charge >= 0.3 is 0 Å². The number of hydrogen-bond acceptors (Lipinski definition) is 4. The fraction of sp³-hybridized carbons (Fsp3) is 0.929. The molecule has 18 heavy (non-hydrogen) atoms. The topological polar surface area (TPSA) is 42.3 Å². The van der Waals surface area contributed by atoms with Crippen LogP contribution in [0.25, 0.3) is 0 Å². The van der Waals surface area contributed by atoms with Crippen molar-refractivity contribution in [2.45, 2.75) is 44.2 Å². The van der Waals surface area contributed by atoms with Crippen molar-refractivity contribution in [1.29, 1.82) is 5.26 Å². The molecule has 1 N–H and O–H groups in total. The smallest absolute Gasteiger partial charge is 0.104 e. The molecule has 0 aromatic rings. The second kappa shape index (κ2) is 6.01. The highest BCUT2D eigenvalue weighted by atomic mass is 15.3. The normalized spacial score (nSPS) is 29.3. The van der Waals surface area contributed by atoms with E-state index in [1.807, 2.05) is 14.0 Å². The van der Waals surface area contributed by atoms with Crippen LogP contribution in [0.2, 0.25) is 0 Å². The van der Waals surface area contributed by atoms with Crippen molar-refractivity contribution in [1.82, 2.24) is 15.1 Å². The quantitative estimate of drug-likeness (QED) is 0.810. The molecule has 0 aliphatic carbocycles. The molecular formula is C14H26N4. The summed E-state index contributed by atoms with van der Waals surface area (Å²) in [5, 5.41) is 12.3. The third-order valence-electron chi connectivity index (χ3n) is 4.65. The highest BCUT2D eigenvalue weighted by Gasteiger charge is 2.30. The molecule has 0 bridgehead atoms. The highest BCUT2D eigenvalue weighted by Crippen LogP contribution is 2.21. The Morgan fingerprint density at radius 2 is 2.17 bits per heavy atom. The fourth-order valence-corrected chi connectivity index (χ4v) is 3.04. The van der Waals surface area contributed by atoms with Crippen molar-refractivity contribution in [3.63, 3.8) is 0 Å². The van der Waals surface area contributed by atoms with Gasteiger partial charge in [-0.3, -0.25) is 4.90 Å². The van der Waals surface area contributed by atoms with Crippen molar-refractivity contribution >= 4 is 0 Å². The van der Waals surface area contributed by atoms with Crippen LogP contribution in [-0.2, 0) is 0 Å². The first kappa shape index (κ1) is 13.8. The molecular weight excluding hydrogens is 224 g/mol. The summed E-state index contributed by atoms with van der Waals surface area (Å²) >= 11 is 0. The lowest BCUT2D eigenvalue weighted by atomic mass is 9.97. The maximum absolute atomic E-state index is 9.16. The minimum absolute atomic E-state index is 0.371. The zero-order valence-electron chi connectivity index (χ0n) is 11.8. The van der Waals surface area contributed by atoms with Crippen LogP contribution < -0.4 is 5.32 Å². The molecule has 2 aliphatic rings. The monoisotopic (exact) mass is 250 g/mol. The van der Waals surface area contributed by atoms with Gasteiger partial charge in [-0.15, -0.1) is 0 Å². The number of piperidine rings is 1. The Bertz CT molecular complexity index is 311. The number of hydrogen-bond donors (Lipinski definition) is 1. The summed E-state index contributed by atoms with van der Waals surface area (Å²) in [6.45, 7) is 7.91. The van der Waals surface area contributed by atoms with Gasteiger partial charge < -0.3 is 10.2 Å². The molecule has 0 amide bonds. The van der Waals surface area contributed by atoms with E-state index in [2.05, 4.69) is 21.2 Å². The molecule has 2 unspecified atom stereocenters. The van der Waals surface area contributed by atoms with E-state index in [1.165, 1.54) is 45.4 Å². The standard InChI is InChI=1S/C14H26N4/c1-14(12-15,16-2)6-8-17-9-10-18-7-4-3-5-13(18)11-17/h13,16H,3-11H2,1-2H3. The molecule has 0 saturated carbocycles. The lowest BCUT2D eigenvalue weighted by Crippen LogP contribution is -2.55. The first-order valence-corrected chi connectivity index (χ1v) is 7.23. The Morgan fingerprint density at radius 1 is 1.33 bits per heavy atom. The van der Waals surface area contributed by atoms with Crippen molar-refractivity contribution in [2.24, 2.45) is 0 Å². The van der Waals surface area contributed by atoms with Crippen LogP contribution in [0.4, 0.5) is 0 Å². The average molecular weight is 250 g/mol. The molecule has 2 rings (SSSR count). The van der Waals surface area contributed by atoms with Crippen LogP contribution in [0, 0.1) is 11.3 Å². The lowest BCUT2D eigenvalue weighted by molar-refractivity contribution is 0.0467. The van der Waals surface area contributed by atoms with Crippen LogP contribution in [0.5, 0.6) is 0 Å². The molecule has 4 heteroatoms.